The van der Waals surface area contributed by atoms with Gasteiger partial charge in [-0.3, -0.25) is 0 Å². The molecule has 3 nitrogen and oxygen atoms in total. The van der Waals surface area contributed by atoms with Gasteiger partial charge in [-0.15, -0.1) is 0 Å². The number of ether oxygens (including phenoxy) is 2. The minimum Gasteiger partial charge on any atom is -0.489 e. The summed E-state index contributed by atoms with van der Waals surface area (Å²) in [5.41, 5.74) is -0.357. The van der Waals surface area contributed by atoms with Crippen molar-refractivity contribution in [2.45, 2.75) is 39.7 Å². The molecule has 1 aromatic carbocycles. The number of methoxy groups -OCH3 is 1. The van der Waals surface area contributed by atoms with Crippen molar-refractivity contribution in [3.63, 3.8) is 0 Å². The summed E-state index contributed by atoms with van der Waals surface area (Å²) in [6, 6.07) is 0. The van der Waals surface area contributed by atoms with Crippen LogP contribution in [0.1, 0.15) is 44.5 Å². The Morgan fingerprint density at radius 1 is 1.05 bits per heavy atom. The molecule has 0 bridgehead atoms. The van der Waals surface area contributed by atoms with E-state index in [1.165, 1.54) is 7.11 Å². The van der Waals surface area contributed by atoms with E-state index in [4.69, 9.17) is 36.1 Å². The number of carbonyl (C=O) groups excluding carboxylic acids is 1. The summed E-state index contributed by atoms with van der Waals surface area (Å²) in [6.07, 6.45) is 0.782. The third-order valence-corrected chi connectivity index (χ3v) is 3.28. The Kier molecular flexibility index (Phi) is 5.89. The maximum absolute atomic E-state index is 11.8. The molecule has 8 radical (unpaired) electrons. The molecular formula is C15H18B4O3. The summed E-state index contributed by atoms with van der Waals surface area (Å²) >= 11 is 0. The number of esters is 1. The van der Waals surface area contributed by atoms with Crippen molar-refractivity contribution >= 4 is 59.2 Å². The summed E-state index contributed by atoms with van der Waals surface area (Å²) in [5, 5.41) is 0. The van der Waals surface area contributed by atoms with Crippen LogP contribution >= 0.6 is 0 Å². The summed E-state index contributed by atoms with van der Waals surface area (Å²) < 4.78 is 10.6. The molecule has 7 heteroatoms. The molecule has 0 fully saturated rings. The predicted octanol–water partition coefficient (Wildman–Crippen LogP) is -1.15. The Morgan fingerprint density at radius 2 is 1.50 bits per heavy atom. The average Bonchev–Trinajstić information content (AvgIpc) is 2.40. The van der Waals surface area contributed by atoms with Crippen LogP contribution in [0.2, 0.25) is 0 Å². The molecule has 0 aliphatic heterocycles. The standard InChI is InChI=1S/C15H18B4O3/c1-7(2)6-15(3,4)22-13-11(18)9(16)8(14(20)21-5)10(17)12(13)19/h7H,6H2,1-5H3. The summed E-state index contributed by atoms with van der Waals surface area (Å²) in [5.74, 6) is -0.0730. The molecule has 0 unspecified atom stereocenters. The molecule has 0 saturated heterocycles. The Hall–Kier alpha value is -1.25. The molecule has 0 N–H and O–H groups in total. The molecule has 0 aliphatic carbocycles. The van der Waals surface area contributed by atoms with Crippen LogP contribution in [-0.4, -0.2) is 50.1 Å². The fourth-order valence-electron chi connectivity index (χ4n) is 2.54. The van der Waals surface area contributed by atoms with E-state index >= 15 is 0 Å². The van der Waals surface area contributed by atoms with Gasteiger partial charge in [0.05, 0.1) is 7.11 Å². The molecule has 0 aliphatic rings. The van der Waals surface area contributed by atoms with Gasteiger partial charge in [0, 0.05) is 5.56 Å². The Morgan fingerprint density at radius 3 is 1.86 bits per heavy atom. The van der Waals surface area contributed by atoms with Gasteiger partial charge in [-0.05, 0) is 26.2 Å². The maximum atomic E-state index is 11.8. The lowest BCUT2D eigenvalue weighted by molar-refractivity contribution is 0.0604. The topological polar surface area (TPSA) is 35.5 Å². The number of rotatable bonds is 5. The lowest BCUT2D eigenvalue weighted by atomic mass is 9.66. The van der Waals surface area contributed by atoms with Gasteiger partial charge in [0.25, 0.3) is 0 Å². The number of benzene rings is 1. The molecule has 0 atom stereocenters. The lowest BCUT2D eigenvalue weighted by Crippen LogP contribution is -2.49. The average molecular weight is 290 g/mol. The van der Waals surface area contributed by atoms with Gasteiger partial charge in [0.1, 0.15) is 42.7 Å². The SMILES string of the molecule is [B]c1c([B])c(C(=O)OC)c([B])c([B])c1OC(C)(C)CC(C)C. The molecule has 1 aromatic rings. The van der Waals surface area contributed by atoms with Gasteiger partial charge in [-0.2, -0.15) is 0 Å². The van der Waals surface area contributed by atoms with Crippen molar-refractivity contribution in [1.29, 1.82) is 0 Å². The zero-order chi connectivity index (χ0) is 17.2. The third-order valence-electron chi connectivity index (χ3n) is 3.28. The zero-order valence-corrected chi connectivity index (χ0v) is 13.8. The maximum Gasteiger partial charge on any atom is 0.336 e. The molecule has 1 rings (SSSR count). The van der Waals surface area contributed by atoms with Gasteiger partial charge in [-0.25, -0.2) is 4.79 Å². The van der Waals surface area contributed by atoms with Gasteiger partial charge in [0.2, 0.25) is 0 Å². The normalized spacial score (nSPS) is 11.5. The largest absolute Gasteiger partial charge is 0.489 e. The number of carbonyl (C=O) groups is 1. The smallest absolute Gasteiger partial charge is 0.336 e. The zero-order valence-electron chi connectivity index (χ0n) is 13.8. The van der Waals surface area contributed by atoms with Crippen LogP contribution in [0.4, 0.5) is 0 Å². The molecule has 0 amide bonds. The second-order valence-corrected chi connectivity index (χ2v) is 6.31. The van der Waals surface area contributed by atoms with E-state index in [1.807, 2.05) is 13.8 Å². The van der Waals surface area contributed by atoms with Gasteiger partial charge < -0.3 is 9.47 Å². The van der Waals surface area contributed by atoms with Gasteiger partial charge in [0.15, 0.2) is 0 Å². The van der Waals surface area contributed by atoms with E-state index in [0.29, 0.717) is 5.92 Å². The number of hydrogen-bond acceptors (Lipinski definition) is 3. The van der Waals surface area contributed by atoms with E-state index in [2.05, 4.69) is 18.6 Å². The first-order valence-electron chi connectivity index (χ1n) is 7.05. The Labute approximate surface area is 138 Å². The molecule has 0 aromatic heterocycles. The van der Waals surface area contributed by atoms with Crippen molar-refractivity contribution in [1.82, 2.24) is 0 Å². The molecule has 22 heavy (non-hydrogen) atoms. The van der Waals surface area contributed by atoms with Crippen molar-refractivity contribution in [2.75, 3.05) is 7.11 Å². The highest BCUT2D eigenvalue weighted by Crippen LogP contribution is 2.21. The van der Waals surface area contributed by atoms with E-state index in [0.717, 1.165) is 6.42 Å². The minimum absolute atomic E-state index is 0.00824. The summed E-state index contributed by atoms with van der Waals surface area (Å²) in [4.78, 5) is 11.8. The molecule has 108 valence electrons. The molecule has 0 saturated carbocycles. The molecular weight excluding hydrogens is 271 g/mol. The Balaban J connectivity index is 3.38. The first kappa shape index (κ1) is 18.8. The Bertz CT molecular complexity index is 554. The van der Waals surface area contributed by atoms with Gasteiger partial charge >= 0.3 is 5.97 Å². The van der Waals surface area contributed by atoms with Crippen LogP contribution in [-0.2, 0) is 4.74 Å². The van der Waals surface area contributed by atoms with E-state index in [1.54, 1.807) is 0 Å². The highest BCUT2D eigenvalue weighted by Gasteiger charge is 2.25. The van der Waals surface area contributed by atoms with Gasteiger partial charge in [-0.1, -0.05) is 35.7 Å². The second kappa shape index (κ2) is 6.89. The predicted molar refractivity (Wildman–Crippen MR) is 93.5 cm³/mol. The molecule has 0 heterocycles. The van der Waals surface area contributed by atoms with Crippen LogP contribution in [0.25, 0.3) is 0 Å². The van der Waals surface area contributed by atoms with Crippen molar-refractivity contribution in [3.8, 4) is 5.75 Å². The van der Waals surface area contributed by atoms with Crippen LogP contribution in [0.15, 0.2) is 0 Å². The fourth-order valence-corrected chi connectivity index (χ4v) is 2.54. The quantitative estimate of drug-likeness (QED) is 0.507. The van der Waals surface area contributed by atoms with Crippen molar-refractivity contribution < 1.29 is 14.3 Å². The highest BCUT2D eigenvalue weighted by molar-refractivity contribution is 6.60. The van der Waals surface area contributed by atoms with Crippen LogP contribution in [0.3, 0.4) is 0 Å². The first-order chi connectivity index (χ1) is 10.0. The fraction of sp³-hybridized carbons (Fsp3) is 0.533. The first-order valence-corrected chi connectivity index (χ1v) is 7.05. The lowest BCUT2D eigenvalue weighted by Gasteiger charge is -2.32. The number of hydrogen-bond donors (Lipinski definition) is 0. The second-order valence-electron chi connectivity index (χ2n) is 6.31. The monoisotopic (exact) mass is 290 g/mol. The highest BCUT2D eigenvalue weighted by atomic mass is 16.5. The van der Waals surface area contributed by atoms with Crippen molar-refractivity contribution in [2.24, 2.45) is 5.92 Å². The van der Waals surface area contributed by atoms with Crippen molar-refractivity contribution in [3.05, 3.63) is 5.56 Å². The van der Waals surface area contributed by atoms with Crippen LogP contribution in [0, 0.1) is 5.92 Å². The molecule has 0 spiro atoms. The summed E-state index contributed by atoms with van der Waals surface area (Å²) in [7, 11) is 25.0. The van der Waals surface area contributed by atoms with Crippen LogP contribution < -0.4 is 26.6 Å². The van der Waals surface area contributed by atoms with E-state index in [-0.39, 0.29) is 33.2 Å². The van der Waals surface area contributed by atoms with Crippen LogP contribution in [0.5, 0.6) is 5.75 Å². The van der Waals surface area contributed by atoms with E-state index < -0.39 is 11.6 Å². The summed E-state index contributed by atoms with van der Waals surface area (Å²) in [6.45, 7) is 8.01. The van der Waals surface area contributed by atoms with E-state index in [9.17, 15) is 4.79 Å². The minimum atomic E-state index is -0.693. The third kappa shape index (κ3) is 3.93.